The van der Waals surface area contributed by atoms with Gasteiger partial charge in [-0.2, -0.15) is 5.26 Å². The molecule has 1 saturated heterocycles. The summed E-state index contributed by atoms with van der Waals surface area (Å²) >= 11 is 0. The topological polar surface area (TPSA) is 79.2 Å². The number of benzene rings is 2. The lowest BCUT2D eigenvalue weighted by Gasteiger charge is -2.12. The molecule has 2 aromatic rings. The monoisotopic (exact) mass is 348 g/mol. The van der Waals surface area contributed by atoms with E-state index in [2.05, 4.69) is 5.32 Å². The number of nitrogens with one attached hydrogen (secondary N) is 1. The van der Waals surface area contributed by atoms with E-state index in [4.69, 9.17) is 4.74 Å². The highest BCUT2D eigenvalue weighted by atomic mass is 16.5. The molecule has 0 aliphatic carbocycles. The molecule has 132 valence electrons. The van der Waals surface area contributed by atoms with E-state index in [1.54, 1.807) is 18.2 Å². The van der Waals surface area contributed by atoms with Gasteiger partial charge in [-0.1, -0.05) is 48.5 Å². The van der Waals surface area contributed by atoms with E-state index in [0.29, 0.717) is 18.8 Å². The van der Waals surface area contributed by atoms with Crippen LogP contribution in [0.3, 0.4) is 0 Å². The van der Waals surface area contributed by atoms with Crippen molar-refractivity contribution in [3.05, 3.63) is 71.3 Å². The van der Waals surface area contributed by atoms with E-state index < -0.39 is 17.6 Å². The Morgan fingerprint density at radius 2 is 2.00 bits per heavy atom. The van der Waals surface area contributed by atoms with Crippen LogP contribution >= 0.6 is 0 Å². The average molecular weight is 348 g/mol. The van der Waals surface area contributed by atoms with Crippen LogP contribution in [-0.4, -0.2) is 24.9 Å². The average Bonchev–Trinajstić information content (AvgIpc) is 3.22. The van der Waals surface area contributed by atoms with E-state index in [1.807, 2.05) is 42.5 Å². The van der Waals surface area contributed by atoms with Gasteiger partial charge in [0, 0.05) is 24.6 Å². The third kappa shape index (κ3) is 4.16. The molecule has 1 N–H and O–H groups in total. The molecule has 0 saturated carbocycles. The van der Waals surface area contributed by atoms with Crippen molar-refractivity contribution in [1.82, 2.24) is 5.32 Å². The fraction of sp³-hybridized carbons (Fsp3) is 0.286. The van der Waals surface area contributed by atoms with Gasteiger partial charge in [0.2, 0.25) is 5.91 Å². The van der Waals surface area contributed by atoms with Crippen LogP contribution in [0.25, 0.3) is 0 Å². The van der Waals surface area contributed by atoms with E-state index in [9.17, 15) is 14.9 Å². The number of nitrogens with zero attached hydrogens (tertiary/aromatic N) is 1. The summed E-state index contributed by atoms with van der Waals surface area (Å²) < 4.78 is 5.39. The van der Waals surface area contributed by atoms with Crippen LogP contribution in [-0.2, 0) is 16.1 Å². The second-order valence-corrected chi connectivity index (χ2v) is 6.32. The number of carbonyl (C=O) groups excluding carboxylic acids is 2. The summed E-state index contributed by atoms with van der Waals surface area (Å²) in [5.41, 5.74) is 2.30. The highest BCUT2D eigenvalue weighted by molar-refractivity contribution is 6.12. The first-order valence-corrected chi connectivity index (χ1v) is 8.62. The number of rotatable bonds is 6. The molecule has 2 aromatic carbocycles. The number of amides is 1. The zero-order valence-corrected chi connectivity index (χ0v) is 14.4. The maximum atomic E-state index is 12.7. The molecule has 3 rings (SSSR count). The van der Waals surface area contributed by atoms with Gasteiger partial charge in [0.05, 0.1) is 12.7 Å². The molecule has 2 atom stereocenters. The van der Waals surface area contributed by atoms with Crippen molar-refractivity contribution in [3.63, 3.8) is 0 Å². The van der Waals surface area contributed by atoms with Crippen LogP contribution in [0.4, 0.5) is 0 Å². The Bertz CT molecular complexity index is 821. The predicted octanol–water partition coefficient (Wildman–Crippen LogP) is 2.83. The quantitative estimate of drug-likeness (QED) is 0.643. The fourth-order valence-corrected chi connectivity index (χ4v) is 3.03. The maximum absolute atomic E-state index is 12.7. The van der Waals surface area contributed by atoms with E-state index in [0.717, 1.165) is 17.5 Å². The lowest BCUT2D eigenvalue weighted by Crippen LogP contribution is -2.34. The molecule has 0 unspecified atom stereocenters. The molecule has 0 radical (unpaired) electrons. The molecule has 5 heteroatoms. The lowest BCUT2D eigenvalue weighted by molar-refractivity contribution is -0.122. The van der Waals surface area contributed by atoms with Gasteiger partial charge in [0.15, 0.2) is 11.7 Å². The molecule has 26 heavy (non-hydrogen) atoms. The Morgan fingerprint density at radius 3 is 2.69 bits per heavy atom. The first-order valence-electron chi connectivity index (χ1n) is 8.62. The van der Waals surface area contributed by atoms with Crippen molar-refractivity contribution >= 4 is 11.7 Å². The van der Waals surface area contributed by atoms with Gasteiger partial charge < -0.3 is 10.1 Å². The predicted molar refractivity (Wildman–Crippen MR) is 96.3 cm³/mol. The Hall–Kier alpha value is -2.97. The number of ether oxygens (including phenoxy) is 1. The number of Topliss-reactive ketones (excluding diaryl/α,β-unsaturated/α-hetero) is 1. The van der Waals surface area contributed by atoms with Crippen molar-refractivity contribution in [1.29, 1.82) is 5.26 Å². The summed E-state index contributed by atoms with van der Waals surface area (Å²) in [6.45, 7) is 1.63. The molecule has 1 amide bonds. The number of hydrogen-bond donors (Lipinski definition) is 1. The second-order valence-electron chi connectivity index (χ2n) is 6.32. The fourth-order valence-electron chi connectivity index (χ4n) is 3.03. The van der Waals surface area contributed by atoms with Crippen LogP contribution < -0.4 is 5.32 Å². The minimum Gasteiger partial charge on any atom is -0.381 e. The number of nitriles is 1. The summed E-state index contributed by atoms with van der Waals surface area (Å²) in [5, 5.41) is 12.0. The van der Waals surface area contributed by atoms with Gasteiger partial charge in [-0.25, -0.2) is 0 Å². The van der Waals surface area contributed by atoms with Crippen molar-refractivity contribution in [2.75, 3.05) is 13.2 Å². The zero-order valence-electron chi connectivity index (χ0n) is 14.4. The Kier molecular flexibility index (Phi) is 5.77. The molecule has 0 aromatic heterocycles. The lowest BCUT2D eigenvalue weighted by atomic mass is 9.92. The van der Waals surface area contributed by atoms with E-state index in [-0.39, 0.29) is 12.5 Å². The summed E-state index contributed by atoms with van der Waals surface area (Å²) in [5.74, 6) is -2.14. The Balaban J connectivity index is 1.69. The van der Waals surface area contributed by atoms with Crippen molar-refractivity contribution < 1.29 is 14.3 Å². The first-order chi connectivity index (χ1) is 12.7. The van der Waals surface area contributed by atoms with Gasteiger partial charge in [0.25, 0.3) is 0 Å². The van der Waals surface area contributed by atoms with Crippen LogP contribution in [0.1, 0.15) is 33.8 Å². The Morgan fingerprint density at radius 1 is 1.19 bits per heavy atom. The molecular weight excluding hydrogens is 328 g/mol. The van der Waals surface area contributed by atoms with Crippen molar-refractivity contribution in [3.8, 4) is 6.07 Å². The molecule has 1 heterocycles. The Labute approximate surface area is 152 Å². The van der Waals surface area contributed by atoms with Crippen molar-refractivity contribution in [2.24, 2.45) is 5.92 Å². The van der Waals surface area contributed by atoms with Gasteiger partial charge >= 0.3 is 0 Å². The molecule has 0 spiro atoms. The summed E-state index contributed by atoms with van der Waals surface area (Å²) in [7, 11) is 0. The van der Waals surface area contributed by atoms with Crippen LogP contribution in [0.2, 0.25) is 0 Å². The first kappa shape index (κ1) is 17.8. The van der Waals surface area contributed by atoms with Crippen molar-refractivity contribution in [2.45, 2.75) is 18.9 Å². The molecule has 5 nitrogen and oxygen atoms in total. The van der Waals surface area contributed by atoms with Gasteiger partial charge in [-0.05, 0) is 23.6 Å². The standard InChI is InChI=1S/C21H20N2O3/c22-12-19(21(25)23-13-15-5-2-1-3-6-15)20(24)17-8-4-7-16(11-17)18-9-10-26-14-18/h1-8,11,18-19H,9-10,13-14H2,(H,23,25)/t18-,19-/m1/s1. The minimum absolute atomic E-state index is 0.259. The van der Waals surface area contributed by atoms with Crippen LogP contribution in [0.15, 0.2) is 54.6 Å². The third-order valence-corrected chi connectivity index (χ3v) is 4.54. The summed E-state index contributed by atoms with van der Waals surface area (Å²) in [4.78, 5) is 25.0. The van der Waals surface area contributed by atoms with E-state index in [1.165, 1.54) is 0 Å². The molecular formula is C21H20N2O3. The van der Waals surface area contributed by atoms with Crippen LogP contribution in [0, 0.1) is 17.2 Å². The highest BCUT2D eigenvalue weighted by Gasteiger charge is 2.28. The minimum atomic E-state index is -1.35. The normalized spacial score (nSPS) is 17.3. The largest absolute Gasteiger partial charge is 0.381 e. The van der Waals surface area contributed by atoms with Gasteiger partial charge in [0.1, 0.15) is 0 Å². The van der Waals surface area contributed by atoms with Gasteiger partial charge in [-0.15, -0.1) is 0 Å². The SMILES string of the molecule is N#C[C@@H](C(=O)NCc1ccccc1)C(=O)c1cccc([C@@H]2CCOC2)c1. The summed E-state index contributed by atoms with van der Waals surface area (Å²) in [6.07, 6.45) is 0.914. The smallest absolute Gasteiger partial charge is 0.245 e. The molecule has 1 aliphatic heterocycles. The third-order valence-electron chi connectivity index (χ3n) is 4.54. The molecule has 0 bridgehead atoms. The maximum Gasteiger partial charge on any atom is 0.245 e. The number of ketones is 1. The van der Waals surface area contributed by atoms with Crippen LogP contribution in [0.5, 0.6) is 0 Å². The van der Waals surface area contributed by atoms with E-state index >= 15 is 0 Å². The molecule has 1 aliphatic rings. The number of carbonyl (C=O) groups is 2. The zero-order chi connectivity index (χ0) is 18.4. The second kappa shape index (κ2) is 8.41. The van der Waals surface area contributed by atoms with Gasteiger partial charge in [-0.3, -0.25) is 9.59 Å². The number of hydrogen-bond acceptors (Lipinski definition) is 4. The summed E-state index contributed by atoms with van der Waals surface area (Å²) in [6, 6.07) is 18.4. The molecule has 1 fully saturated rings. The highest BCUT2D eigenvalue weighted by Crippen LogP contribution is 2.26.